The molecule has 0 spiro atoms. The molecule has 0 saturated carbocycles. The van der Waals surface area contributed by atoms with Gasteiger partial charge < -0.3 is 5.32 Å². The van der Waals surface area contributed by atoms with Crippen molar-refractivity contribution in [3.63, 3.8) is 0 Å². The van der Waals surface area contributed by atoms with Crippen LogP contribution in [0, 0.1) is 17.2 Å². The van der Waals surface area contributed by atoms with E-state index in [-0.39, 0.29) is 0 Å². The lowest BCUT2D eigenvalue weighted by molar-refractivity contribution is 0.190. The molecule has 0 amide bonds. The highest BCUT2D eigenvalue weighted by Crippen LogP contribution is 2.12. The number of hydrogen-bond acceptors (Lipinski definition) is 3. The van der Waals surface area contributed by atoms with Gasteiger partial charge in [-0.05, 0) is 45.7 Å². The largest absolute Gasteiger partial charge is 0.316 e. The van der Waals surface area contributed by atoms with Crippen LogP contribution in [0.4, 0.5) is 0 Å². The van der Waals surface area contributed by atoms with E-state index in [4.69, 9.17) is 5.26 Å². The Morgan fingerprint density at radius 3 is 2.86 bits per heavy atom. The summed E-state index contributed by atoms with van der Waals surface area (Å²) < 4.78 is 0. The van der Waals surface area contributed by atoms with Crippen molar-refractivity contribution in [3.05, 3.63) is 0 Å². The second-order valence-corrected chi connectivity index (χ2v) is 4.39. The lowest BCUT2D eigenvalue weighted by Crippen LogP contribution is -2.41. The van der Waals surface area contributed by atoms with Gasteiger partial charge in [0.25, 0.3) is 0 Å². The molecule has 1 saturated heterocycles. The summed E-state index contributed by atoms with van der Waals surface area (Å²) >= 11 is 0. The predicted octanol–water partition coefficient (Wildman–Crippen LogP) is 1.22. The normalized spacial score (nSPS) is 22.6. The summed E-state index contributed by atoms with van der Waals surface area (Å²) in [5, 5.41) is 12.1. The number of nitriles is 1. The number of piperidine rings is 1. The predicted molar refractivity (Wildman–Crippen MR) is 57.9 cm³/mol. The first-order chi connectivity index (χ1) is 6.74. The van der Waals surface area contributed by atoms with Crippen LogP contribution in [0.15, 0.2) is 0 Å². The van der Waals surface area contributed by atoms with Gasteiger partial charge in [-0.3, -0.25) is 4.90 Å². The number of nitrogens with zero attached hydrogens (tertiary/aromatic N) is 2. The Morgan fingerprint density at radius 1 is 1.57 bits per heavy atom. The molecular weight excluding hydrogens is 174 g/mol. The minimum absolute atomic E-state index is 0.483. The first-order valence-electron chi connectivity index (χ1n) is 5.55. The standard InChI is InChI=1S/C11H21N3/c1-10(2)14(7-5-12)9-11-4-3-6-13-8-11/h10-11,13H,3-4,6-9H2,1-2H3. The molecule has 14 heavy (non-hydrogen) atoms. The minimum Gasteiger partial charge on any atom is -0.316 e. The Kier molecular flexibility index (Phi) is 4.92. The minimum atomic E-state index is 0.483. The van der Waals surface area contributed by atoms with Gasteiger partial charge in [-0.1, -0.05) is 0 Å². The Morgan fingerprint density at radius 2 is 2.36 bits per heavy atom. The SMILES string of the molecule is CC(C)N(CC#N)CC1CCCNC1. The molecule has 3 heteroatoms. The average molecular weight is 195 g/mol. The second-order valence-electron chi connectivity index (χ2n) is 4.39. The molecule has 0 bridgehead atoms. The molecule has 1 heterocycles. The molecule has 0 aromatic rings. The van der Waals surface area contributed by atoms with Crippen molar-refractivity contribution < 1.29 is 0 Å². The monoisotopic (exact) mass is 195 g/mol. The van der Waals surface area contributed by atoms with E-state index in [1.807, 2.05) is 0 Å². The summed E-state index contributed by atoms with van der Waals surface area (Å²) in [4.78, 5) is 2.26. The lowest BCUT2D eigenvalue weighted by atomic mass is 9.98. The van der Waals surface area contributed by atoms with Crippen LogP contribution in [-0.2, 0) is 0 Å². The van der Waals surface area contributed by atoms with E-state index < -0.39 is 0 Å². The van der Waals surface area contributed by atoms with Gasteiger partial charge in [-0.15, -0.1) is 0 Å². The van der Waals surface area contributed by atoms with Gasteiger partial charge in [0.2, 0.25) is 0 Å². The van der Waals surface area contributed by atoms with Crippen LogP contribution in [0.1, 0.15) is 26.7 Å². The van der Waals surface area contributed by atoms with Crippen LogP contribution in [0.2, 0.25) is 0 Å². The van der Waals surface area contributed by atoms with E-state index in [1.54, 1.807) is 0 Å². The van der Waals surface area contributed by atoms with Gasteiger partial charge >= 0.3 is 0 Å². The van der Waals surface area contributed by atoms with Gasteiger partial charge in [-0.2, -0.15) is 5.26 Å². The maximum Gasteiger partial charge on any atom is 0.0868 e. The van der Waals surface area contributed by atoms with Crippen LogP contribution in [0.3, 0.4) is 0 Å². The Hall–Kier alpha value is -0.590. The summed E-state index contributed by atoms with van der Waals surface area (Å²) in [7, 11) is 0. The van der Waals surface area contributed by atoms with Crippen molar-refractivity contribution in [2.45, 2.75) is 32.7 Å². The zero-order chi connectivity index (χ0) is 10.4. The molecule has 1 atom stereocenters. The molecule has 1 aliphatic heterocycles. The highest BCUT2D eigenvalue weighted by molar-refractivity contribution is 4.81. The van der Waals surface area contributed by atoms with Crippen molar-refractivity contribution >= 4 is 0 Å². The van der Waals surface area contributed by atoms with Crippen molar-refractivity contribution in [3.8, 4) is 6.07 Å². The fourth-order valence-electron chi connectivity index (χ4n) is 1.96. The number of rotatable bonds is 4. The summed E-state index contributed by atoms with van der Waals surface area (Å²) in [5.41, 5.74) is 0. The van der Waals surface area contributed by atoms with Gasteiger partial charge in [0.15, 0.2) is 0 Å². The molecule has 3 nitrogen and oxygen atoms in total. The van der Waals surface area contributed by atoms with Crippen molar-refractivity contribution in [1.29, 1.82) is 5.26 Å². The lowest BCUT2D eigenvalue weighted by Gasteiger charge is -2.31. The topological polar surface area (TPSA) is 39.1 Å². The maximum atomic E-state index is 8.71. The summed E-state index contributed by atoms with van der Waals surface area (Å²) in [5.74, 6) is 0.736. The summed E-state index contributed by atoms with van der Waals surface area (Å²) in [6, 6.07) is 2.73. The van der Waals surface area contributed by atoms with Gasteiger partial charge in [0.05, 0.1) is 12.6 Å². The zero-order valence-electron chi connectivity index (χ0n) is 9.29. The van der Waals surface area contributed by atoms with Crippen LogP contribution >= 0.6 is 0 Å². The number of hydrogen-bond donors (Lipinski definition) is 1. The van der Waals surface area contributed by atoms with Crippen LogP contribution in [0.25, 0.3) is 0 Å². The van der Waals surface area contributed by atoms with E-state index in [0.29, 0.717) is 12.6 Å². The highest BCUT2D eigenvalue weighted by Gasteiger charge is 2.18. The smallest absolute Gasteiger partial charge is 0.0868 e. The summed E-state index contributed by atoms with van der Waals surface area (Å²) in [6.45, 7) is 8.23. The van der Waals surface area contributed by atoms with E-state index in [2.05, 4.69) is 30.1 Å². The van der Waals surface area contributed by atoms with Crippen molar-refractivity contribution in [1.82, 2.24) is 10.2 Å². The van der Waals surface area contributed by atoms with Gasteiger partial charge in [0.1, 0.15) is 0 Å². The molecule has 1 unspecified atom stereocenters. The van der Waals surface area contributed by atoms with Crippen LogP contribution in [0.5, 0.6) is 0 Å². The molecule has 0 aromatic heterocycles. The van der Waals surface area contributed by atoms with Crippen molar-refractivity contribution in [2.75, 3.05) is 26.2 Å². The number of nitrogens with one attached hydrogen (secondary N) is 1. The first-order valence-corrected chi connectivity index (χ1v) is 5.55. The van der Waals surface area contributed by atoms with E-state index in [9.17, 15) is 0 Å². The molecule has 1 aliphatic rings. The molecule has 80 valence electrons. The second kappa shape index (κ2) is 6.00. The Bertz CT molecular complexity index is 189. The Labute approximate surface area is 87.1 Å². The third-order valence-corrected chi connectivity index (χ3v) is 2.90. The fraction of sp³-hybridized carbons (Fsp3) is 0.909. The van der Waals surface area contributed by atoms with Crippen molar-refractivity contribution in [2.24, 2.45) is 5.92 Å². The molecule has 1 fully saturated rings. The maximum absolute atomic E-state index is 8.71. The van der Waals surface area contributed by atoms with E-state index >= 15 is 0 Å². The van der Waals surface area contributed by atoms with E-state index in [0.717, 1.165) is 25.6 Å². The zero-order valence-corrected chi connectivity index (χ0v) is 9.29. The fourth-order valence-corrected chi connectivity index (χ4v) is 1.96. The van der Waals surface area contributed by atoms with Crippen LogP contribution < -0.4 is 5.32 Å². The van der Waals surface area contributed by atoms with Crippen LogP contribution in [-0.4, -0.2) is 37.1 Å². The third kappa shape index (κ3) is 3.65. The molecule has 0 aliphatic carbocycles. The quantitative estimate of drug-likeness (QED) is 0.686. The molecule has 0 aromatic carbocycles. The van der Waals surface area contributed by atoms with Gasteiger partial charge in [-0.25, -0.2) is 0 Å². The Balaban J connectivity index is 2.34. The molecule has 0 radical (unpaired) electrons. The third-order valence-electron chi connectivity index (χ3n) is 2.90. The van der Waals surface area contributed by atoms with E-state index in [1.165, 1.54) is 12.8 Å². The highest BCUT2D eigenvalue weighted by atomic mass is 15.1. The molecule has 1 N–H and O–H groups in total. The summed E-state index contributed by atoms with van der Waals surface area (Å²) in [6.07, 6.45) is 2.59. The van der Waals surface area contributed by atoms with Gasteiger partial charge in [0, 0.05) is 12.6 Å². The molecular formula is C11H21N3. The molecule has 1 rings (SSSR count). The average Bonchev–Trinajstić information content (AvgIpc) is 2.18. The first kappa shape index (κ1) is 11.5.